The fourth-order valence-corrected chi connectivity index (χ4v) is 3.89. The minimum atomic E-state index is -0.208. The number of piperazine rings is 2. The molecule has 0 bridgehead atoms. The first-order chi connectivity index (χ1) is 14.6. The first kappa shape index (κ1) is 23.5. The molecule has 0 aliphatic carbocycles. The van der Waals surface area contributed by atoms with Crippen molar-refractivity contribution in [1.82, 2.24) is 14.8 Å². The van der Waals surface area contributed by atoms with Crippen LogP contribution in [-0.2, 0) is 6.54 Å². The maximum atomic E-state index is 13.1. The van der Waals surface area contributed by atoms with Crippen LogP contribution in [0.2, 0.25) is 0 Å². The lowest BCUT2D eigenvalue weighted by atomic mass is 10.2. The van der Waals surface area contributed by atoms with Gasteiger partial charge in [0.1, 0.15) is 11.6 Å². The molecule has 4 rings (SSSR count). The Bertz CT molecular complexity index is 860. The van der Waals surface area contributed by atoms with Gasteiger partial charge in [-0.1, -0.05) is 0 Å². The number of aliphatic imine (C=N–C) groups is 1. The summed E-state index contributed by atoms with van der Waals surface area (Å²) in [5.41, 5.74) is 8.43. The minimum Gasteiger partial charge on any atom is -0.370 e. The van der Waals surface area contributed by atoms with E-state index in [4.69, 9.17) is 5.73 Å². The van der Waals surface area contributed by atoms with Crippen LogP contribution in [0.1, 0.15) is 5.56 Å². The molecule has 0 atom stereocenters. The maximum Gasteiger partial charge on any atom is 0.191 e. The van der Waals surface area contributed by atoms with Gasteiger partial charge in [-0.3, -0.25) is 0 Å². The average molecular weight is 539 g/mol. The molecule has 2 aliphatic rings. The Hall–Kier alpha value is -2.14. The van der Waals surface area contributed by atoms with Crippen molar-refractivity contribution in [2.75, 3.05) is 69.2 Å². The zero-order chi connectivity index (χ0) is 20.9. The molecule has 3 heterocycles. The number of nitrogens with zero attached hydrogens (tertiary/aromatic N) is 6. The highest BCUT2D eigenvalue weighted by Gasteiger charge is 2.19. The van der Waals surface area contributed by atoms with Crippen molar-refractivity contribution in [3.63, 3.8) is 0 Å². The van der Waals surface area contributed by atoms with Gasteiger partial charge in [0.05, 0.1) is 6.54 Å². The number of pyridine rings is 1. The van der Waals surface area contributed by atoms with Gasteiger partial charge in [-0.15, -0.1) is 24.0 Å². The second-order valence-corrected chi connectivity index (χ2v) is 7.94. The molecule has 0 unspecified atom stereocenters. The van der Waals surface area contributed by atoms with Gasteiger partial charge in [-0.25, -0.2) is 14.4 Å². The van der Waals surface area contributed by atoms with Gasteiger partial charge in [0.15, 0.2) is 5.96 Å². The Morgan fingerprint density at radius 1 is 0.968 bits per heavy atom. The van der Waals surface area contributed by atoms with Crippen LogP contribution in [0.4, 0.5) is 15.9 Å². The predicted octanol–water partition coefficient (Wildman–Crippen LogP) is 2.23. The van der Waals surface area contributed by atoms with Gasteiger partial charge in [0.2, 0.25) is 0 Å². The molecule has 0 radical (unpaired) electrons. The highest BCUT2D eigenvalue weighted by atomic mass is 127. The molecule has 0 amide bonds. The molecule has 2 fully saturated rings. The van der Waals surface area contributed by atoms with Crippen molar-refractivity contribution in [3.8, 4) is 0 Å². The van der Waals surface area contributed by atoms with E-state index in [1.165, 1.54) is 12.1 Å². The van der Waals surface area contributed by atoms with Gasteiger partial charge >= 0.3 is 0 Å². The molecule has 2 aliphatic heterocycles. The van der Waals surface area contributed by atoms with Gasteiger partial charge < -0.3 is 25.3 Å². The van der Waals surface area contributed by atoms with Gasteiger partial charge in [-0.2, -0.15) is 0 Å². The summed E-state index contributed by atoms with van der Waals surface area (Å²) in [6.07, 6.45) is 1.86. The average Bonchev–Trinajstić information content (AvgIpc) is 2.79. The molecule has 31 heavy (non-hydrogen) atoms. The molecule has 1 aromatic heterocycles. The molecule has 7 nitrogen and oxygen atoms in total. The highest BCUT2D eigenvalue weighted by Crippen LogP contribution is 2.18. The minimum absolute atomic E-state index is 0. The van der Waals surface area contributed by atoms with Crippen LogP contribution in [0, 0.1) is 5.82 Å². The molecule has 168 valence electrons. The van der Waals surface area contributed by atoms with Crippen molar-refractivity contribution < 1.29 is 4.39 Å². The van der Waals surface area contributed by atoms with E-state index < -0.39 is 0 Å². The quantitative estimate of drug-likeness (QED) is 0.366. The fraction of sp³-hybridized carbons (Fsp3) is 0.455. The standard InChI is InChI=1S/C22H30FN7.HI/c1-27-8-10-29(11-9-27)21-16-18(6-7-25-21)17-26-22(24)30-14-12-28(13-15-30)20-4-2-19(23)3-5-20;/h2-7,16H,8-15,17H2,1H3,(H2,24,26);1H. The van der Waals surface area contributed by atoms with E-state index in [-0.39, 0.29) is 29.8 Å². The number of halogens is 2. The fourth-order valence-electron chi connectivity index (χ4n) is 3.89. The Morgan fingerprint density at radius 3 is 2.29 bits per heavy atom. The lowest BCUT2D eigenvalue weighted by Gasteiger charge is -2.36. The van der Waals surface area contributed by atoms with Crippen molar-refractivity contribution >= 4 is 41.4 Å². The number of aromatic nitrogens is 1. The first-order valence-electron chi connectivity index (χ1n) is 10.5. The number of hydrogen-bond acceptors (Lipinski definition) is 5. The molecule has 2 N–H and O–H groups in total. The molecule has 9 heteroatoms. The topological polar surface area (TPSA) is 64.2 Å². The molecule has 0 saturated carbocycles. The van der Waals surface area contributed by atoms with E-state index in [1.54, 1.807) is 0 Å². The SMILES string of the molecule is CN1CCN(c2cc(CN=C(N)N3CCN(c4ccc(F)cc4)CC3)ccn2)CC1.I. The van der Waals surface area contributed by atoms with Crippen molar-refractivity contribution in [1.29, 1.82) is 0 Å². The summed E-state index contributed by atoms with van der Waals surface area (Å²) < 4.78 is 13.1. The predicted molar refractivity (Wildman–Crippen MR) is 135 cm³/mol. The number of anilines is 2. The van der Waals surface area contributed by atoms with Crippen LogP contribution < -0.4 is 15.5 Å². The third-order valence-electron chi connectivity index (χ3n) is 5.86. The van der Waals surface area contributed by atoms with Crippen LogP contribution in [0.3, 0.4) is 0 Å². The van der Waals surface area contributed by atoms with Gasteiger partial charge in [0.25, 0.3) is 0 Å². The maximum absolute atomic E-state index is 13.1. The lowest BCUT2D eigenvalue weighted by molar-refractivity contribution is 0.312. The smallest absolute Gasteiger partial charge is 0.191 e. The Kier molecular flexibility index (Phi) is 8.30. The Morgan fingerprint density at radius 2 is 1.61 bits per heavy atom. The van der Waals surface area contributed by atoms with Crippen LogP contribution >= 0.6 is 24.0 Å². The van der Waals surface area contributed by atoms with E-state index in [2.05, 4.69) is 42.7 Å². The second-order valence-electron chi connectivity index (χ2n) is 7.94. The zero-order valence-corrected chi connectivity index (χ0v) is 20.3. The molecular formula is C22H31FIN7. The largest absolute Gasteiger partial charge is 0.370 e. The van der Waals surface area contributed by atoms with E-state index >= 15 is 0 Å². The number of rotatable bonds is 4. The van der Waals surface area contributed by atoms with Crippen molar-refractivity contribution in [3.05, 3.63) is 54.0 Å². The Labute approximate surface area is 200 Å². The van der Waals surface area contributed by atoms with Crippen LogP contribution in [0.5, 0.6) is 0 Å². The van der Waals surface area contributed by atoms with Crippen molar-refractivity contribution in [2.24, 2.45) is 10.7 Å². The summed E-state index contributed by atoms with van der Waals surface area (Å²) in [7, 11) is 2.15. The van der Waals surface area contributed by atoms with Crippen LogP contribution in [-0.4, -0.2) is 80.1 Å². The first-order valence-corrected chi connectivity index (χ1v) is 10.5. The lowest BCUT2D eigenvalue weighted by Crippen LogP contribution is -2.51. The van der Waals surface area contributed by atoms with E-state index in [9.17, 15) is 4.39 Å². The van der Waals surface area contributed by atoms with Crippen LogP contribution in [0.15, 0.2) is 47.6 Å². The normalized spacial score (nSPS) is 18.1. The van der Waals surface area contributed by atoms with E-state index in [0.717, 1.165) is 69.4 Å². The number of likely N-dealkylation sites (N-methyl/N-ethyl adjacent to an activating group) is 1. The Balaban J connectivity index is 0.00000272. The van der Waals surface area contributed by atoms with Crippen molar-refractivity contribution in [2.45, 2.75) is 6.54 Å². The summed E-state index contributed by atoms with van der Waals surface area (Å²) in [6, 6.07) is 10.8. The number of hydrogen-bond donors (Lipinski definition) is 1. The summed E-state index contributed by atoms with van der Waals surface area (Å²) in [6.45, 7) is 7.93. The summed E-state index contributed by atoms with van der Waals surface area (Å²) in [5, 5.41) is 0. The number of guanidine groups is 1. The number of benzene rings is 1. The zero-order valence-electron chi connectivity index (χ0n) is 18.0. The summed E-state index contributed by atoms with van der Waals surface area (Å²) in [5.74, 6) is 1.38. The summed E-state index contributed by atoms with van der Waals surface area (Å²) >= 11 is 0. The van der Waals surface area contributed by atoms with E-state index in [1.807, 2.05) is 24.4 Å². The molecule has 0 spiro atoms. The molecular weight excluding hydrogens is 508 g/mol. The van der Waals surface area contributed by atoms with E-state index in [0.29, 0.717) is 12.5 Å². The highest BCUT2D eigenvalue weighted by molar-refractivity contribution is 14.0. The molecule has 2 aromatic rings. The second kappa shape index (κ2) is 10.9. The van der Waals surface area contributed by atoms with Gasteiger partial charge in [0, 0.05) is 64.2 Å². The van der Waals surface area contributed by atoms with Gasteiger partial charge in [-0.05, 0) is 49.0 Å². The van der Waals surface area contributed by atoms with Crippen LogP contribution in [0.25, 0.3) is 0 Å². The molecule has 1 aromatic carbocycles. The molecule has 2 saturated heterocycles. The monoisotopic (exact) mass is 539 g/mol. The third-order valence-corrected chi connectivity index (χ3v) is 5.86. The third kappa shape index (κ3) is 6.19. The number of nitrogens with two attached hydrogens (primary N) is 1. The summed E-state index contributed by atoms with van der Waals surface area (Å²) in [4.78, 5) is 18.2.